The minimum atomic E-state index is -1.18. The fourth-order valence-electron chi connectivity index (χ4n) is 3.50. The van der Waals surface area contributed by atoms with Gasteiger partial charge in [-0.1, -0.05) is 11.6 Å². The van der Waals surface area contributed by atoms with Crippen molar-refractivity contribution in [1.29, 1.82) is 0 Å². The van der Waals surface area contributed by atoms with Gasteiger partial charge in [-0.25, -0.2) is 9.37 Å². The maximum absolute atomic E-state index is 15.1. The first-order valence-corrected chi connectivity index (χ1v) is 9.91. The number of ether oxygens (including phenoxy) is 1. The van der Waals surface area contributed by atoms with Crippen LogP contribution in [0.3, 0.4) is 0 Å². The van der Waals surface area contributed by atoms with Crippen molar-refractivity contribution in [3.63, 3.8) is 0 Å². The molecule has 4 rings (SSSR count). The summed E-state index contributed by atoms with van der Waals surface area (Å²) in [6, 6.07) is 3.59. The molecule has 1 aliphatic heterocycles. The highest BCUT2D eigenvalue weighted by molar-refractivity contribution is 6.30. The Kier molecular flexibility index (Phi) is 5.92. The number of carbonyl (C=O) groups is 2. The molecule has 1 amide bonds. The average molecular weight is 461 g/mol. The molecule has 0 saturated carbocycles. The van der Waals surface area contributed by atoms with Crippen molar-refractivity contribution in [2.45, 2.75) is 12.8 Å². The van der Waals surface area contributed by atoms with Crippen molar-refractivity contribution in [2.24, 2.45) is 7.05 Å². The highest BCUT2D eigenvalue weighted by atomic mass is 35.5. The molecule has 3 heterocycles. The number of carbonyl (C=O) groups excluding carboxylic acids is 2. The SMILES string of the molecule is Cn1cnc(C(=O)c2cc(F)c3c(c2)C(=O)N(Cc2ncc(Cl)cc2O)C3OCCO)c1. The number of halogens is 2. The van der Waals surface area contributed by atoms with E-state index in [0.717, 1.165) is 11.0 Å². The summed E-state index contributed by atoms with van der Waals surface area (Å²) >= 11 is 5.81. The lowest BCUT2D eigenvalue weighted by Gasteiger charge is -2.25. The van der Waals surface area contributed by atoms with Crippen molar-refractivity contribution in [1.82, 2.24) is 19.4 Å². The Morgan fingerprint density at radius 1 is 1.31 bits per heavy atom. The molecule has 1 unspecified atom stereocenters. The third kappa shape index (κ3) is 3.95. The highest BCUT2D eigenvalue weighted by Crippen LogP contribution is 2.39. The van der Waals surface area contributed by atoms with Gasteiger partial charge in [0.05, 0.1) is 36.7 Å². The fraction of sp³-hybridized carbons (Fsp3) is 0.238. The first-order valence-electron chi connectivity index (χ1n) is 9.53. The van der Waals surface area contributed by atoms with E-state index >= 15 is 4.39 Å². The van der Waals surface area contributed by atoms with Crippen molar-refractivity contribution in [3.8, 4) is 5.75 Å². The van der Waals surface area contributed by atoms with Crippen LogP contribution in [0.1, 0.15) is 43.9 Å². The van der Waals surface area contributed by atoms with E-state index in [2.05, 4.69) is 9.97 Å². The largest absolute Gasteiger partial charge is 0.506 e. The second-order valence-corrected chi connectivity index (χ2v) is 7.61. The molecule has 0 bridgehead atoms. The number of hydrogen-bond acceptors (Lipinski definition) is 7. The van der Waals surface area contributed by atoms with Crippen LogP contribution in [0.5, 0.6) is 5.75 Å². The number of benzene rings is 1. The number of aliphatic hydroxyl groups is 1. The van der Waals surface area contributed by atoms with E-state index in [1.54, 1.807) is 11.6 Å². The van der Waals surface area contributed by atoms with E-state index in [9.17, 15) is 14.7 Å². The zero-order valence-corrected chi connectivity index (χ0v) is 17.6. The Labute approximate surface area is 186 Å². The summed E-state index contributed by atoms with van der Waals surface area (Å²) in [5.41, 5.74) is 0.0783. The van der Waals surface area contributed by atoms with Gasteiger partial charge in [-0.15, -0.1) is 0 Å². The van der Waals surface area contributed by atoms with Crippen LogP contribution in [0.4, 0.5) is 4.39 Å². The van der Waals surface area contributed by atoms with Crippen LogP contribution in [-0.2, 0) is 18.3 Å². The van der Waals surface area contributed by atoms with Crippen LogP contribution in [0.2, 0.25) is 5.02 Å². The summed E-state index contributed by atoms with van der Waals surface area (Å²) in [6.45, 7) is -0.728. The number of aliphatic hydroxyl groups excluding tert-OH is 1. The smallest absolute Gasteiger partial charge is 0.257 e. The highest BCUT2D eigenvalue weighted by Gasteiger charge is 2.41. The zero-order valence-electron chi connectivity index (χ0n) is 16.8. The average Bonchev–Trinajstić information content (AvgIpc) is 3.30. The Morgan fingerprint density at radius 3 is 2.75 bits per heavy atom. The lowest BCUT2D eigenvalue weighted by atomic mass is 10.0. The Morgan fingerprint density at radius 2 is 2.09 bits per heavy atom. The van der Waals surface area contributed by atoms with Crippen molar-refractivity contribution >= 4 is 23.3 Å². The molecule has 1 aromatic carbocycles. The first-order chi connectivity index (χ1) is 15.3. The minimum absolute atomic E-state index is 0.0384. The topological polar surface area (TPSA) is 118 Å². The third-order valence-electron chi connectivity index (χ3n) is 4.95. The number of aromatic nitrogens is 3. The predicted octanol–water partition coefficient (Wildman–Crippen LogP) is 2.21. The Hall–Kier alpha value is -3.34. The molecule has 1 atom stereocenters. The van der Waals surface area contributed by atoms with Crippen molar-refractivity contribution in [3.05, 3.63) is 75.8 Å². The lowest BCUT2D eigenvalue weighted by Crippen LogP contribution is -2.30. The predicted molar refractivity (Wildman–Crippen MR) is 110 cm³/mol. The van der Waals surface area contributed by atoms with Crippen LogP contribution in [0.15, 0.2) is 36.9 Å². The normalized spacial score (nSPS) is 15.3. The monoisotopic (exact) mass is 460 g/mol. The molecule has 0 saturated heterocycles. The lowest BCUT2D eigenvalue weighted by molar-refractivity contribution is -0.0552. The summed E-state index contributed by atoms with van der Waals surface area (Å²) in [7, 11) is 1.69. The number of aromatic hydroxyl groups is 1. The van der Waals surface area contributed by atoms with E-state index in [-0.39, 0.29) is 58.6 Å². The van der Waals surface area contributed by atoms with E-state index in [0.29, 0.717) is 0 Å². The molecule has 0 spiro atoms. The fourth-order valence-corrected chi connectivity index (χ4v) is 3.66. The van der Waals surface area contributed by atoms with Crippen molar-refractivity contribution < 1.29 is 28.9 Å². The number of imidazole rings is 1. The van der Waals surface area contributed by atoms with Gasteiger partial charge >= 0.3 is 0 Å². The van der Waals surface area contributed by atoms with Crippen LogP contribution in [0.25, 0.3) is 0 Å². The summed E-state index contributed by atoms with van der Waals surface area (Å²) in [6.07, 6.45) is 3.05. The molecule has 32 heavy (non-hydrogen) atoms. The van der Waals surface area contributed by atoms with E-state index in [4.69, 9.17) is 21.4 Å². The zero-order chi connectivity index (χ0) is 23.0. The van der Waals surface area contributed by atoms with E-state index in [1.807, 2.05) is 0 Å². The maximum atomic E-state index is 15.1. The summed E-state index contributed by atoms with van der Waals surface area (Å²) in [5, 5.41) is 19.5. The summed E-state index contributed by atoms with van der Waals surface area (Å²) in [4.78, 5) is 35.1. The van der Waals surface area contributed by atoms with Gasteiger partial charge in [0.1, 0.15) is 23.0 Å². The van der Waals surface area contributed by atoms with Gasteiger partial charge in [0.25, 0.3) is 5.91 Å². The standard InChI is InChI=1S/C21H18ClFN4O5/c1-26-8-16(25-10-26)19(30)11-4-13-18(14(23)5-11)21(32-3-2-28)27(20(13)31)9-15-17(29)6-12(22)7-24-15/h4-8,10,21,28-29H,2-3,9H2,1H3. The molecule has 1 aliphatic rings. The van der Waals surface area contributed by atoms with Gasteiger partial charge in [0.15, 0.2) is 6.23 Å². The Bertz CT molecular complexity index is 1210. The molecule has 0 aliphatic carbocycles. The number of rotatable bonds is 7. The molecule has 0 radical (unpaired) electrons. The molecule has 166 valence electrons. The van der Waals surface area contributed by atoms with Crippen molar-refractivity contribution in [2.75, 3.05) is 13.2 Å². The van der Waals surface area contributed by atoms with Gasteiger partial charge in [0.2, 0.25) is 5.78 Å². The molecular weight excluding hydrogens is 443 g/mol. The van der Waals surface area contributed by atoms with Gasteiger partial charge < -0.3 is 24.4 Å². The van der Waals surface area contributed by atoms with Gasteiger partial charge in [-0.05, 0) is 12.1 Å². The number of ketones is 1. The quantitative estimate of drug-likeness (QED) is 0.519. The number of hydrogen-bond donors (Lipinski definition) is 2. The van der Waals surface area contributed by atoms with Crippen LogP contribution >= 0.6 is 11.6 Å². The molecule has 9 nitrogen and oxygen atoms in total. The number of pyridine rings is 1. The van der Waals surface area contributed by atoms with Crippen LogP contribution < -0.4 is 0 Å². The Balaban J connectivity index is 1.73. The minimum Gasteiger partial charge on any atom is -0.506 e. The molecule has 2 aromatic heterocycles. The molecule has 11 heteroatoms. The van der Waals surface area contributed by atoms with Crippen LogP contribution in [-0.4, -0.2) is 54.6 Å². The van der Waals surface area contributed by atoms with Gasteiger partial charge in [-0.3, -0.25) is 14.6 Å². The van der Waals surface area contributed by atoms with Gasteiger partial charge in [0, 0.05) is 36.6 Å². The molecule has 3 aromatic rings. The van der Waals surface area contributed by atoms with E-state index < -0.39 is 23.7 Å². The second-order valence-electron chi connectivity index (χ2n) is 7.17. The number of amides is 1. The summed E-state index contributed by atoms with van der Waals surface area (Å²) < 4.78 is 22.3. The molecule has 2 N–H and O–H groups in total. The maximum Gasteiger partial charge on any atom is 0.257 e. The molecule has 0 fully saturated rings. The first kappa shape index (κ1) is 21.9. The third-order valence-corrected chi connectivity index (χ3v) is 5.16. The van der Waals surface area contributed by atoms with Gasteiger partial charge in [-0.2, -0.15) is 0 Å². The molecular formula is C21H18ClFN4O5. The number of nitrogens with zero attached hydrogens (tertiary/aromatic N) is 4. The number of fused-ring (bicyclic) bond motifs is 1. The second kappa shape index (κ2) is 8.65. The van der Waals surface area contributed by atoms with Crippen LogP contribution in [0, 0.1) is 5.82 Å². The van der Waals surface area contributed by atoms with E-state index in [1.165, 1.54) is 30.9 Å². The summed E-state index contributed by atoms with van der Waals surface area (Å²) in [5.74, 6) is -2.21. The number of aryl methyl sites for hydroxylation is 1.